The van der Waals surface area contributed by atoms with Crippen LogP contribution < -0.4 is 36.9 Å². The topological polar surface area (TPSA) is 26.0 Å². The van der Waals surface area contributed by atoms with Crippen molar-refractivity contribution in [3.8, 4) is 0 Å². The van der Waals surface area contributed by atoms with Crippen molar-refractivity contribution < 1.29 is 0 Å². The standard InChI is InChI=1S/C38H35NSi2/c1-38(39,40(32-20-8-2-9-21-32,33-22-10-3-11-23-33)34-24-12-4-13-25-34)41(35-26-14-5-15-27-35,36-28-16-6-17-29-36)37-30-18-7-19-31-37/h2-31H,39H2,1H3. The van der Waals surface area contributed by atoms with Crippen molar-refractivity contribution in [1.29, 1.82) is 0 Å². The lowest BCUT2D eigenvalue weighted by Gasteiger charge is -2.56. The van der Waals surface area contributed by atoms with Gasteiger partial charge in [0.25, 0.3) is 0 Å². The van der Waals surface area contributed by atoms with Gasteiger partial charge in [-0.3, -0.25) is 0 Å². The molecule has 2 N–H and O–H groups in total. The fraction of sp³-hybridized carbons (Fsp3) is 0.0526. The van der Waals surface area contributed by atoms with E-state index in [1.54, 1.807) is 0 Å². The summed E-state index contributed by atoms with van der Waals surface area (Å²) in [6.07, 6.45) is 0. The van der Waals surface area contributed by atoms with E-state index in [4.69, 9.17) is 5.73 Å². The van der Waals surface area contributed by atoms with Crippen molar-refractivity contribution in [2.24, 2.45) is 5.73 Å². The summed E-state index contributed by atoms with van der Waals surface area (Å²) in [5.74, 6) is 0. The fourth-order valence-electron chi connectivity index (χ4n) is 7.21. The molecule has 0 spiro atoms. The quantitative estimate of drug-likeness (QED) is 0.220. The van der Waals surface area contributed by atoms with Gasteiger partial charge in [0.1, 0.15) is 0 Å². The highest BCUT2D eigenvalue weighted by molar-refractivity contribution is 7.29. The number of hydrogen-bond acceptors (Lipinski definition) is 1. The van der Waals surface area contributed by atoms with Gasteiger partial charge in [-0.1, -0.05) is 189 Å². The van der Waals surface area contributed by atoms with Crippen molar-refractivity contribution in [2.45, 2.75) is 11.7 Å². The number of benzene rings is 6. The van der Waals surface area contributed by atoms with Crippen molar-refractivity contribution >= 4 is 47.3 Å². The molecule has 6 aromatic rings. The Bertz CT molecular complexity index is 1350. The van der Waals surface area contributed by atoms with E-state index in [9.17, 15) is 0 Å². The van der Waals surface area contributed by atoms with E-state index >= 15 is 0 Å². The lowest BCUT2D eigenvalue weighted by atomic mass is 10.3. The second-order valence-corrected chi connectivity index (χ2v) is 19.9. The van der Waals surface area contributed by atoms with Gasteiger partial charge in [-0.15, -0.1) is 0 Å². The van der Waals surface area contributed by atoms with Crippen LogP contribution in [0.4, 0.5) is 0 Å². The van der Waals surface area contributed by atoms with Crippen molar-refractivity contribution in [3.05, 3.63) is 182 Å². The average Bonchev–Trinajstić information content (AvgIpc) is 3.05. The van der Waals surface area contributed by atoms with Gasteiger partial charge in [0, 0.05) is 4.79 Å². The molecule has 0 saturated carbocycles. The molecule has 0 unspecified atom stereocenters. The van der Waals surface area contributed by atoms with E-state index in [2.05, 4.69) is 189 Å². The molecule has 0 saturated heterocycles. The van der Waals surface area contributed by atoms with Crippen LogP contribution in [0.1, 0.15) is 6.92 Å². The van der Waals surface area contributed by atoms with Crippen molar-refractivity contribution in [1.82, 2.24) is 0 Å². The maximum Gasteiger partial charge on any atom is 0.165 e. The molecule has 0 aliphatic carbocycles. The summed E-state index contributed by atoms with van der Waals surface area (Å²) in [6.45, 7) is 2.38. The molecule has 6 aromatic carbocycles. The van der Waals surface area contributed by atoms with Gasteiger partial charge < -0.3 is 5.73 Å². The first-order chi connectivity index (χ1) is 20.1. The van der Waals surface area contributed by atoms with Crippen LogP contribution in [0.25, 0.3) is 0 Å². The highest BCUT2D eigenvalue weighted by atomic mass is 28.4. The number of rotatable bonds is 8. The second kappa shape index (κ2) is 11.3. The lowest BCUT2D eigenvalue weighted by Crippen LogP contribution is -2.96. The van der Waals surface area contributed by atoms with Crippen LogP contribution in [0.2, 0.25) is 0 Å². The Balaban J connectivity index is 1.86. The smallest absolute Gasteiger partial charge is 0.165 e. The SMILES string of the molecule is CC(N)([Si](c1ccccc1)(c1ccccc1)c1ccccc1)[Si](c1ccccc1)(c1ccccc1)c1ccccc1. The van der Waals surface area contributed by atoms with Gasteiger partial charge in [0.15, 0.2) is 16.1 Å². The summed E-state index contributed by atoms with van der Waals surface area (Å²) < 4.78 is 0. The first-order valence-electron chi connectivity index (χ1n) is 14.3. The van der Waals surface area contributed by atoms with Gasteiger partial charge in [-0.2, -0.15) is 0 Å². The minimum absolute atomic E-state index is 0.673. The van der Waals surface area contributed by atoms with Crippen LogP contribution in [0.5, 0.6) is 0 Å². The van der Waals surface area contributed by atoms with E-state index in [0.29, 0.717) is 0 Å². The molecule has 0 aliphatic rings. The molecule has 200 valence electrons. The first-order valence-corrected chi connectivity index (χ1v) is 18.3. The van der Waals surface area contributed by atoms with Crippen molar-refractivity contribution in [2.75, 3.05) is 0 Å². The third-order valence-corrected chi connectivity index (χ3v) is 21.4. The fourth-order valence-corrected chi connectivity index (χ4v) is 21.8. The zero-order chi connectivity index (χ0) is 28.2. The van der Waals surface area contributed by atoms with Crippen LogP contribution in [0.15, 0.2) is 182 Å². The third kappa shape index (κ3) is 4.25. The van der Waals surface area contributed by atoms with Gasteiger partial charge in [-0.05, 0) is 31.1 Å². The molecule has 6 rings (SSSR count). The van der Waals surface area contributed by atoms with Gasteiger partial charge >= 0.3 is 0 Å². The Labute approximate surface area is 246 Å². The number of nitrogens with two attached hydrogens (primary N) is 1. The molecule has 3 heteroatoms. The molecule has 0 radical (unpaired) electrons. The average molecular weight is 562 g/mol. The first kappa shape index (κ1) is 26.9. The summed E-state index contributed by atoms with van der Waals surface area (Å²) in [5, 5.41) is 7.93. The predicted octanol–water partition coefficient (Wildman–Crippen LogP) is 4.12. The summed E-state index contributed by atoms with van der Waals surface area (Å²) in [7, 11) is -5.99. The van der Waals surface area contributed by atoms with Crippen molar-refractivity contribution in [3.63, 3.8) is 0 Å². The molecular weight excluding hydrogens is 527 g/mol. The van der Waals surface area contributed by atoms with E-state index in [0.717, 1.165) is 0 Å². The molecule has 0 aliphatic heterocycles. The summed E-state index contributed by atoms with van der Waals surface area (Å²) >= 11 is 0. The summed E-state index contributed by atoms with van der Waals surface area (Å²) in [5.41, 5.74) is 8.39. The van der Waals surface area contributed by atoms with Crippen LogP contribution in [0, 0.1) is 0 Å². The molecule has 41 heavy (non-hydrogen) atoms. The summed E-state index contributed by atoms with van der Waals surface area (Å²) in [4.78, 5) is -0.673. The molecule has 0 bridgehead atoms. The predicted molar refractivity (Wildman–Crippen MR) is 181 cm³/mol. The van der Waals surface area contributed by atoms with Crippen LogP contribution >= 0.6 is 0 Å². The molecule has 0 aromatic heterocycles. The Kier molecular flexibility index (Phi) is 7.42. The Morgan fingerprint density at radius 2 is 0.463 bits per heavy atom. The molecule has 0 heterocycles. The monoisotopic (exact) mass is 561 g/mol. The van der Waals surface area contributed by atoms with Crippen LogP contribution in [0.3, 0.4) is 0 Å². The van der Waals surface area contributed by atoms with Gasteiger partial charge in [0.05, 0.1) is 0 Å². The van der Waals surface area contributed by atoms with E-state index in [1.807, 2.05) is 0 Å². The van der Waals surface area contributed by atoms with E-state index in [1.165, 1.54) is 31.1 Å². The Hall–Kier alpha value is -4.29. The third-order valence-electron chi connectivity index (χ3n) is 8.80. The lowest BCUT2D eigenvalue weighted by molar-refractivity contribution is 0.867. The highest BCUT2D eigenvalue weighted by Crippen LogP contribution is 2.30. The molecule has 1 nitrogen and oxygen atoms in total. The molecule has 0 atom stereocenters. The van der Waals surface area contributed by atoms with Crippen LogP contribution in [-0.2, 0) is 0 Å². The Morgan fingerprint density at radius 1 is 0.317 bits per heavy atom. The van der Waals surface area contributed by atoms with Crippen LogP contribution in [-0.4, -0.2) is 20.9 Å². The normalized spacial score (nSPS) is 12.1. The largest absolute Gasteiger partial charge is 0.328 e. The zero-order valence-electron chi connectivity index (χ0n) is 23.4. The minimum Gasteiger partial charge on any atom is -0.328 e. The van der Waals surface area contributed by atoms with E-state index in [-0.39, 0.29) is 0 Å². The minimum atomic E-state index is -3.00. The number of hydrogen-bond donors (Lipinski definition) is 1. The molecule has 0 amide bonds. The van der Waals surface area contributed by atoms with E-state index < -0.39 is 20.9 Å². The maximum atomic E-state index is 8.39. The summed E-state index contributed by atoms with van der Waals surface area (Å²) in [6, 6.07) is 66.6. The highest BCUT2D eigenvalue weighted by Gasteiger charge is 2.65. The second-order valence-electron chi connectivity index (χ2n) is 10.9. The van der Waals surface area contributed by atoms with Gasteiger partial charge in [-0.25, -0.2) is 0 Å². The van der Waals surface area contributed by atoms with Gasteiger partial charge in [0.2, 0.25) is 0 Å². The molecular formula is C38H35NSi2. The molecule has 0 fully saturated rings. The maximum absolute atomic E-state index is 8.39. The Morgan fingerprint density at radius 3 is 0.610 bits per heavy atom. The zero-order valence-corrected chi connectivity index (χ0v) is 25.4.